The Kier molecular flexibility index (Phi) is 3.71. The van der Waals surface area contributed by atoms with Crippen molar-refractivity contribution in [2.24, 2.45) is 0 Å². The number of benzene rings is 2. The van der Waals surface area contributed by atoms with Crippen molar-refractivity contribution in [3.05, 3.63) is 64.2 Å². The van der Waals surface area contributed by atoms with Gasteiger partial charge in [0.05, 0.1) is 5.56 Å². The van der Waals surface area contributed by atoms with E-state index in [2.05, 4.69) is 0 Å². The molecule has 0 saturated heterocycles. The molecule has 2 rings (SSSR count). The summed E-state index contributed by atoms with van der Waals surface area (Å²) in [7, 11) is 0. The number of nitrogens with two attached hydrogens (primary N) is 1. The highest BCUT2D eigenvalue weighted by Crippen LogP contribution is 2.30. The van der Waals surface area contributed by atoms with Gasteiger partial charge in [0, 0.05) is 10.7 Å². The van der Waals surface area contributed by atoms with Gasteiger partial charge in [0.25, 0.3) is 0 Å². The van der Waals surface area contributed by atoms with Crippen LogP contribution in [0.25, 0.3) is 0 Å². The van der Waals surface area contributed by atoms with Gasteiger partial charge in [-0.2, -0.15) is 13.2 Å². The molecule has 0 aliphatic heterocycles. The van der Waals surface area contributed by atoms with Gasteiger partial charge in [0.2, 0.25) is 0 Å². The van der Waals surface area contributed by atoms with E-state index >= 15 is 0 Å². The minimum Gasteiger partial charge on any atom is -0.398 e. The van der Waals surface area contributed by atoms with Gasteiger partial charge >= 0.3 is 6.18 Å². The number of hydrogen-bond acceptors (Lipinski definition) is 1. The molecule has 0 aliphatic carbocycles. The van der Waals surface area contributed by atoms with E-state index in [1.807, 2.05) is 0 Å². The lowest BCUT2D eigenvalue weighted by Gasteiger charge is -2.10. The smallest absolute Gasteiger partial charge is 0.398 e. The number of rotatable bonds is 2. The highest BCUT2D eigenvalue weighted by Gasteiger charge is 2.30. The normalized spacial score (nSPS) is 11.6. The number of anilines is 1. The third kappa shape index (κ3) is 3.41. The van der Waals surface area contributed by atoms with Crippen LogP contribution < -0.4 is 5.73 Å². The first kappa shape index (κ1) is 13.7. The highest BCUT2D eigenvalue weighted by molar-refractivity contribution is 6.30. The number of alkyl halides is 3. The fourth-order valence-corrected chi connectivity index (χ4v) is 2.00. The van der Waals surface area contributed by atoms with Gasteiger partial charge in [-0.05, 0) is 41.8 Å². The summed E-state index contributed by atoms with van der Waals surface area (Å²) in [6.07, 6.45) is -4.02. The van der Waals surface area contributed by atoms with Crippen LogP contribution in [0.4, 0.5) is 18.9 Å². The Hall–Kier alpha value is -1.68. The van der Waals surface area contributed by atoms with Crippen LogP contribution in [0, 0.1) is 0 Å². The molecule has 0 aliphatic rings. The van der Waals surface area contributed by atoms with Crippen LogP contribution in [0.2, 0.25) is 5.02 Å². The van der Waals surface area contributed by atoms with Crippen molar-refractivity contribution < 1.29 is 13.2 Å². The van der Waals surface area contributed by atoms with Crippen molar-refractivity contribution in [3.63, 3.8) is 0 Å². The van der Waals surface area contributed by atoms with Crippen molar-refractivity contribution >= 4 is 17.3 Å². The fraction of sp³-hybridized carbons (Fsp3) is 0.143. The van der Waals surface area contributed by atoms with E-state index in [9.17, 15) is 13.2 Å². The second-order valence-corrected chi connectivity index (χ2v) is 4.65. The molecule has 0 radical (unpaired) electrons. The summed E-state index contributed by atoms with van der Waals surface area (Å²) in [5.41, 5.74) is 6.89. The molecule has 100 valence electrons. The maximum absolute atomic E-state index is 12.6. The molecule has 0 aromatic heterocycles. The van der Waals surface area contributed by atoms with Crippen LogP contribution in [-0.2, 0) is 12.6 Å². The third-order valence-corrected chi connectivity index (χ3v) is 2.99. The van der Waals surface area contributed by atoms with E-state index in [0.29, 0.717) is 28.3 Å². The molecule has 2 aromatic carbocycles. The van der Waals surface area contributed by atoms with Crippen molar-refractivity contribution in [3.8, 4) is 0 Å². The van der Waals surface area contributed by atoms with Gasteiger partial charge in [-0.15, -0.1) is 0 Å². The summed E-state index contributed by atoms with van der Waals surface area (Å²) >= 11 is 5.85. The predicted octanol–water partition coefficient (Wildman–Crippen LogP) is 4.53. The third-order valence-electron chi connectivity index (χ3n) is 2.75. The van der Waals surface area contributed by atoms with Crippen LogP contribution in [0.3, 0.4) is 0 Å². The standard InChI is InChI=1S/C14H11ClF3N/c15-12-4-5-13(19)10(8-12)6-9-2-1-3-11(7-9)14(16,17)18/h1-5,7-8H,6,19H2. The molecule has 2 aromatic rings. The molecular formula is C14H11ClF3N. The van der Waals surface area contributed by atoms with Crippen molar-refractivity contribution in [2.45, 2.75) is 12.6 Å². The summed E-state index contributed by atoms with van der Waals surface area (Å²) in [5.74, 6) is 0. The van der Waals surface area contributed by atoms with Crippen LogP contribution in [0.5, 0.6) is 0 Å². The zero-order valence-electron chi connectivity index (χ0n) is 9.84. The van der Waals surface area contributed by atoms with Gasteiger partial charge in [0.1, 0.15) is 0 Å². The Morgan fingerprint density at radius 3 is 2.47 bits per heavy atom. The van der Waals surface area contributed by atoms with Crippen LogP contribution in [0.1, 0.15) is 16.7 Å². The minimum absolute atomic E-state index is 0.316. The van der Waals surface area contributed by atoms with Gasteiger partial charge in [-0.1, -0.05) is 29.8 Å². The van der Waals surface area contributed by atoms with Crippen LogP contribution in [0.15, 0.2) is 42.5 Å². The molecule has 0 unspecified atom stereocenters. The molecule has 2 N–H and O–H groups in total. The average molecular weight is 286 g/mol. The first-order valence-electron chi connectivity index (χ1n) is 5.56. The van der Waals surface area contributed by atoms with Gasteiger partial charge in [-0.25, -0.2) is 0 Å². The fourth-order valence-electron chi connectivity index (χ4n) is 1.80. The topological polar surface area (TPSA) is 26.0 Å². The average Bonchev–Trinajstić information content (AvgIpc) is 2.33. The Balaban J connectivity index is 2.31. The number of halogens is 4. The Bertz CT molecular complexity index is 593. The molecule has 1 nitrogen and oxygen atoms in total. The zero-order valence-corrected chi connectivity index (χ0v) is 10.6. The maximum Gasteiger partial charge on any atom is 0.416 e. The summed E-state index contributed by atoms with van der Waals surface area (Å²) in [6, 6.07) is 10.1. The molecule has 5 heteroatoms. The Morgan fingerprint density at radius 1 is 1.05 bits per heavy atom. The van der Waals surface area contributed by atoms with E-state index in [1.165, 1.54) is 6.07 Å². The van der Waals surface area contributed by atoms with E-state index in [4.69, 9.17) is 17.3 Å². The number of hydrogen-bond donors (Lipinski definition) is 1. The molecule has 0 heterocycles. The molecule has 0 spiro atoms. The van der Waals surface area contributed by atoms with Gasteiger partial charge in [-0.3, -0.25) is 0 Å². The van der Waals surface area contributed by atoms with Crippen molar-refractivity contribution in [1.82, 2.24) is 0 Å². The lowest BCUT2D eigenvalue weighted by molar-refractivity contribution is -0.137. The largest absolute Gasteiger partial charge is 0.416 e. The SMILES string of the molecule is Nc1ccc(Cl)cc1Cc1cccc(C(F)(F)F)c1. The zero-order chi connectivity index (χ0) is 14.0. The summed E-state index contributed by atoms with van der Waals surface area (Å²) in [6.45, 7) is 0. The molecule has 0 amide bonds. The maximum atomic E-state index is 12.6. The Morgan fingerprint density at radius 2 is 1.79 bits per heavy atom. The van der Waals surface area contributed by atoms with E-state index in [-0.39, 0.29) is 0 Å². The second-order valence-electron chi connectivity index (χ2n) is 4.22. The summed E-state index contributed by atoms with van der Waals surface area (Å²) in [4.78, 5) is 0. The molecule has 0 saturated carbocycles. The molecule has 0 fully saturated rings. The van der Waals surface area contributed by atoms with Gasteiger partial charge < -0.3 is 5.73 Å². The first-order chi connectivity index (χ1) is 8.86. The molecule has 0 bridgehead atoms. The van der Waals surface area contributed by atoms with E-state index < -0.39 is 11.7 Å². The second kappa shape index (κ2) is 5.13. The van der Waals surface area contributed by atoms with E-state index in [0.717, 1.165) is 12.1 Å². The quantitative estimate of drug-likeness (QED) is 0.806. The summed E-state index contributed by atoms with van der Waals surface area (Å²) < 4.78 is 37.8. The van der Waals surface area contributed by atoms with Crippen LogP contribution in [-0.4, -0.2) is 0 Å². The van der Waals surface area contributed by atoms with Crippen LogP contribution >= 0.6 is 11.6 Å². The minimum atomic E-state index is -4.34. The summed E-state index contributed by atoms with van der Waals surface area (Å²) in [5, 5.41) is 0.510. The molecule has 0 atom stereocenters. The van der Waals surface area contributed by atoms with E-state index in [1.54, 1.807) is 24.3 Å². The highest BCUT2D eigenvalue weighted by atomic mass is 35.5. The lowest BCUT2D eigenvalue weighted by Crippen LogP contribution is -2.05. The van der Waals surface area contributed by atoms with Gasteiger partial charge in [0.15, 0.2) is 0 Å². The lowest BCUT2D eigenvalue weighted by atomic mass is 10.0. The first-order valence-corrected chi connectivity index (χ1v) is 5.94. The molecular weight excluding hydrogens is 275 g/mol. The monoisotopic (exact) mass is 285 g/mol. The van der Waals surface area contributed by atoms with Crippen molar-refractivity contribution in [2.75, 3.05) is 5.73 Å². The Labute approximate surface area is 113 Å². The number of nitrogen functional groups attached to an aromatic ring is 1. The van der Waals surface area contributed by atoms with Crippen molar-refractivity contribution in [1.29, 1.82) is 0 Å². The molecule has 19 heavy (non-hydrogen) atoms. The predicted molar refractivity (Wildman–Crippen MR) is 70.1 cm³/mol.